The molecule has 232 valence electrons. The summed E-state index contributed by atoms with van der Waals surface area (Å²) < 4.78 is 30.2. The molecule has 1 N–H and O–H groups in total. The number of aromatic nitrogens is 4. The lowest BCUT2D eigenvalue weighted by molar-refractivity contribution is -0.0365. The lowest BCUT2D eigenvalue weighted by atomic mass is 10.0. The van der Waals surface area contributed by atoms with E-state index in [-0.39, 0.29) is 30.1 Å². The zero-order valence-electron chi connectivity index (χ0n) is 26.1. The number of aryl methyl sites for hydroxylation is 1. The van der Waals surface area contributed by atoms with Crippen molar-refractivity contribution in [1.82, 2.24) is 24.1 Å². The predicted molar refractivity (Wildman–Crippen MR) is 166 cm³/mol. The first-order chi connectivity index (χ1) is 20.9. The number of nitrogens with zero attached hydrogens (tertiary/aromatic N) is 7. The Balaban J connectivity index is 1.39. The van der Waals surface area contributed by atoms with Crippen LogP contribution in [0.4, 0.5) is 26.4 Å². The van der Waals surface area contributed by atoms with Crippen molar-refractivity contribution < 1.29 is 18.7 Å². The van der Waals surface area contributed by atoms with Crippen LogP contribution in [-0.2, 0) is 9.47 Å². The fraction of sp³-hybridized carbons (Fsp3) is 0.500. The van der Waals surface area contributed by atoms with Crippen molar-refractivity contribution in [1.29, 1.82) is 5.26 Å². The van der Waals surface area contributed by atoms with Crippen LogP contribution >= 0.6 is 0 Å². The van der Waals surface area contributed by atoms with Gasteiger partial charge in [0.1, 0.15) is 11.7 Å². The van der Waals surface area contributed by atoms with Crippen molar-refractivity contribution in [2.24, 2.45) is 0 Å². The Morgan fingerprint density at radius 2 is 1.91 bits per heavy atom. The minimum Gasteiger partial charge on any atom is -0.444 e. The smallest absolute Gasteiger partial charge is 0.410 e. The van der Waals surface area contributed by atoms with E-state index >= 15 is 0 Å². The Kier molecular flexibility index (Phi) is 7.61. The number of amides is 1. The van der Waals surface area contributed by atoms with Crippen LogP contribution < -0.4 is 10.2 Å². The highest BCUT2D eigenvalue weighted by Crippen LogP contribution is 2.37. The van der Waals surface area contributed by atoms with Crippen molar-refractivity contribution in [2.75, 3.05) is 29.9 Å². The molecule has 5 heterocycles. The van der Waals surface area contributed by atoms with Gasteiger partial charge in [0.05, 0.1) is 39.9 Å². The van der Waals surface area contributed by atoms with Crippen LogP contribution in [0.15, 0.2) is 30.6 Å². The maximum absolute atomic E-state index is 14.9. The summed E-state index contributed by atoms with van der Waals surface area (Å²) in [6.45, 7) is 13.2. The number of halogens is 1. The number of imidazole rings is 1. The molecule has 4 aromatic rings. The van der Waals surface area contributed by atoms with Gasteiger partial charge in [0.25, 0.3) is 0 Å². The molecule has 1 amide bonds. The highest BCUT2D eigenvalue weighted by atomic mass is 19.1. The number of carbonyl (C=O) groups is 1. The van der Waals surface area contributed by atoms with Gasteiger partial charge in [0.2, 0.25) is 0 Å². The average Bonchev–Trinajstić information content (AvgIpc) is 3.51. The molecule has 0 radical (unpaired) electrons. The van der Waals surface area contributed by atoms with Gasteiger partial charge in [0, 0.05) is 43.8 Å². The van der Waals surface area contributed by atoms with E-state index in [1.54, 1.807) is 21.7 Å². The van der Waals surface area contributed by atoms with E-state index in [2.05, 4.69) is 21.3 Å². The Bertz CT molecular complexity index is 1750. The third kappa shape index (κ3) is 5.64. The van der Waals surface area contributed by atoms with Crippen LogP contribution in [0, 0.1) is 24.1 Å². The Morgan fingerprint density at radius 1 is 1.16 bits per heavy atom. The van der Waals surface area contributed by atoms with E-state index in [0.717, 1.165) is 30.5 Å². The number of nitrogens with one attached hydrogen (secondary N) is 1. The molecule has 0 aliphatic carbocycles. The topological polar surface area (TPSA) is 113 Å². The summed E-state index contributed by atoms with van der Waals surface area (Å²) in [5.74, 6) is -0.0108. The number of carbonyl (C=O) groups excluding carboxylic acids is 1. The molecule has 3 atom stereocenters. The number of rotatable bonds is 4. The van der Waals surface area contributed by atoms with E-state index < -0.39 is 11.4 Å². The Hall–Kier alpha value is -4.37. The second-order valence-corrected chi connectivity index (χ2v) is 12.9. The van der Waals surface area contributed by atoms with Gasteiger partial charge in [-0.1, -0.05) is 0 Å². The van der Waals surface area contributed by atoms with Crippen LogP contribution in [0.3, 0.4) is 0 Å². The Labute approximate surface area is 256 Å². The summed E-state index contributed by atoms with van der Waals surface area (Å²) >= 11 is 0. The van der Waals surface area contributed by atoms with Crippen LogP contribution in [0.1, 0.15) is 71.4 Å². The molecule has 12 heteroatoms. The van der Waals surface area contributed by atoms with Gasteiger partial charge < -0.3 is 24.1 Å². The SMILES string of the molecule is Cc1cn2cc(Nc3nn(C4CCCCO4)c4cc(N5C[C@H](C)N(C(=O)OC(C)(C)C)[C@@H](C)C5)cc(C#N)c34)cc(F)c2n1. The number of ether oxygens (including phenoxy) is 2. The molecule has 2 aliphatic rings. The van der Waals surface area contributed by atoms with E-state index in [0.29, 0.717) is 47.8 Å². The molecule has 3 aromatic heterocycles. The number of fused-ring (bicyclic) bond motifs is 2. The predicted octanol–water partition coefficient (Wildman–Crippen LogP) is 6.28. The molecule has 11 nitrogen and oxygen atoms in total. The number of anilines is 3. The van der Waals surface area contributed by atoms with Crippen LogP contribution in [-0.4, -0.2) is 67.5 Å². The molecule has 0 saturated carbocycles. The van der Waals surface area contributed by atoms with Crippen molar-refractivity contribution in [2.45, 2.75) is 84.7 Å². The highest BCUT2D eigenvalue weighted by Gasteiger charge is 2.36. The third-order valence-electron chi connectivity index (χ3n) is 8.12. The molecular formula is C32H39FN8O3. The number of benzene rings is 1. The van der Waals surface area contributed by atoms with E-state index in [1.807, 2.05) is 58.4 Å². The normalized spacial score (nSPS) is 21.1. The summed E-state index contributed by atoms with van der Waals surface area (Å²) in [6, 6.07) is 7.44. The van der Waals surface area contributed by atoms with Gasteiger partial charge in [-0.05, 0) is 72.9 Å². The molecule has 44 heavy (non-hydrogen) atoms. The molecule has 6 rings (SSSR count). The first-order valence-electron chi connectivity index (χ1n) is 15.2. The minimum atomic E-state index is -0.582. The van der Waals surface area contributed by atoms with Gasteiger partial charge in [-0.15, -0.1) is 0 Å². The highest BCUT2D eigenvalue weighted by molar-refractivity contribution is 5.98. The van der Waals surface area contributed by atoms with Gasteiger partial charge in [-0.3, -0.25) is 4.90 Å². The maximum Gasteiger partial charge on any atom is 0.410 e. The van der Waals surface area contributed by atoms with Crippen LogP contribution in [0.25, 0.3) is 16.6 Å². The number of hydrogen-bond donors (Lipinski definition) is 1. The molecule has 0 spiro atoms. The summed E-state index contributed by atoms with van der Waals surface area (Å²) in [7, 11) is 0. The first-order valence-corrected chi connectivity index (χ1v) is 15.2. The summed E-state index contributed by atoms with van der Waals surface area (Å²) in [4.78, 5) is 21.2. The minimum absolute atomic E-state index is 0.115. The van der Waals surface area contributed by atoms with E-state index in [4.69, 9.17) is 14.6 Å². The number of hydrogen-bond acceptors (Lipinski definition) is 8. The third-order valence-corrected chi connectivity index (χ3v) is 8.12. The standard InChI is InChI=1S/C32H39FN8O3/c1-19-15-39-18-23(12-25(33)30(39)35-19)36-29-28-22(14-34)11-24(13-26(28)41(37-29)27-9-7-8-10-43-27)38-16-20(2)40(21(3)17-38)31(42)44-32(4,5)6/h11-13,15,18,20-21,27H,7-10,16-17H2,1-6H3,(H,36,37)/t20-,21-,27?/m0/s1. The lowest BCUT2D eigenvalue weighted by Gasteiger charge is -2.45. The Morgan fingerprint density at radius 3 is 2.57 bits per heavy atom. The summed E-state index contributed by atoms with van der Waals surface area (Å²) in [5.41, 5.74) is 2.91. The van der Waals surface area contributed by atoms with Gasteiger partial charge in [0.15, 0.2) is 23.5 Å². The van der Waals surface area contributed by atoms with Crippen molar-refractivity contribution >= 4 is 39.8 Å². The fourth-order valence-corrected chi connectivity index (χ4v) is 6.34. The van der Waals surface area contributed by atoms with Crippen molar-refractivity contribution in [3.63, 3.8) is 0 Å². The zero-order valence-corrected chi connectivity index (χ0v) is 26.1. The zero-order chi connectivity index (χ0) is 31.3. The summed E-state index contributed by atoms with van der Waals surface area (Å²) in [6.07, 6.45) is 5.68. The van der Waals surface area contributed by atoms with Gasteiger partial charge >= 0.3 is 6.09 Å². The molecule has 1 unspecified atom stereocenters. The average molecular weight is 603 g/mol. The summed E-state index contributed by atoms with van der Waals surface area (Å²) in [5, 5.41) is 19.2. The molecule has 0 bridgehead atoms. The molecule has 2 aliphatic heterocycles. The van der Waals surface area contributed by atoms with Gasteiger partial charge in [-0.25, -0.2) is 18.9 Å². The molecule has 2 saturated heterocycles. The van der Waals surface area contributed by atoms with Crippen molar-refractivity contribution in [3.8, 4) is 6.07 Å². The van der Waals surface area contributed by atoms with E-state index in [1.165, 1.54) is 6.07 Å². The maximum atomic E-state index is 14.9. The molecule has 2 fully saturated rings. The molecule has 1 aromatic carbocycles. The van der Waals surface area contributed by atoms with Crippen LogP contribution in [0.2, 0.25) is 0 Å². The monoisotopic (exact) mass is 602 g/mol. The number of nitriles is 1. The fourth-order valence-electron chi connectivity index (χ4n) is 6.34. The second kappa shape index (κ2) is 11.3. The first kappa shape index (κ1) is 29.7. The van der Waals surface area contributed by atoms with Gasteiger partial charge in [-0.2, -0.15) is 10.4 Å². The lowest BCUT2D eigenvalue weighted by Crippen LogP contribution is -2.59. The second-order valence-electron chi connectivity index (χ2n) is 12.9. The number of piperazine rings is 1. The quantitative estimate of drug-likeness (QED) is 0.290. The largest absolute Gasteiger partial charge is 0.444 e. The van der Waals surface area contributed by atoms with Crippen molar-refractivity contribution in [3.05, 3.63) is 47.7 Å². The van der Waals surface area contributed by atoms with E-state index in [9.17, 15) is 14.4 Å². The number of pyridine rings is 1. The van der Waals surface area contributed by atoms with Crippen LogP contribution in [0.5, 0.6) is 0 Å². The molecular weight excluding hydrogens is 563 g/mol.